The Balaban J connectivity index is 0.0000207. The van der Waals surface area contributed by atoms with E-state index in [9.17, 15) is 105 Å². The Morgan fingerprint density at radius 1 is 0.475 bits per heavy atom. The van der Waals surface area contributed by atoms with Gasteiger partial charge in [0.2, 0.25) is 130 Å². The summed E-state index contributed by atoms with van der Waals surface area (Å²) in [4.78, 5) is 315. The number of para-hydroxylation sites is 1. The van der Waals surface area contributed by atoms with Crippen molar-refractivity contribution in [3.8, 4) is 0 Å². The van der Waals surface area contributed by atoms with E-state index in [0.717, 1.165) is 0 Å². The third kappa shape index (κ3) is 39.8. The van der Waals surface area contributed by atoms with E-state index in [2.05, 4.69) is 113 Å². The number of aromatic nitrogens is 3. The van der Waals surface area contributed by atoms with Crippen molar-refractivity contribution in [2.75, 3.05) is 70.1 Å². The van der Waals surface area contributed by atoms with Gasteiger partial charge in [0, 0.05) is 101 Å². The number of aromatic amines is 2. The molecule has 0 aliphatic carbocycles. The average molecular weight is 2110 g/mol. The minimum absolute atomic E-state index is 0. The zero-order valence-electron chi connectivity index (χ0n) is 80.0. The van der Waals surface area contributed by atoms with Crippen LogP contribution in [-0.2, 0) is 138 Å². The molecule has 51 nitrogen and oxygen atoms in total. The molecule has 22 amide bonds. The minimum Gasteiger partial charge on any atom is -0.412 e. The Morgan fingerprint density at radius 3 is 1.48 bits per heavy atom. The Hall–Kier alpha value is -13.1. The normalized spacial score (nSPS) is 16.6. The second kappa shape index (κ2) is 60.1. The third-order valence-electron chi connectivity index (χ3n) is 23.0. The summed E-state index contributed by atoms with van der Waals surface area (Å²) in [5.74, 6) is -20.6. The van der Waals surface area contributed by atoms with Crippen molar-refractivity contribution >= 4 is 171 Å². The fourth-order valence-corrected chi connectivity index (χ4v) is 16.4. The van der Waals surface area contributed by atoms with Gasteiger partial charge in [-0.1, -0.05) is 59.7 Å². The number of carbonyl (C=O) groups excluding carboxylic acids is 22. The van der Waals surface area contributed by atoms with Crippen LogP contribution in [0, 0.1) is 23.2 Å². The predicted octanol–water partition coefficient (Wildman–Crippen LogP) is -8.77. The Bertz CT molecular complexity index is 4890. The molecule has 3 saturated heterocycles. The molecule has 0 saturated carbocycles. The molecule has 3 aliphatic rings. The molecule has 3 fully saturated rings. The Labute approximate surface area is 837 Å². The maximum Gasteiger partial charge on any atom is 0.246 e. The van der Waals surface area contributed by atoms with E-state index in [1.807, 2.05) is 6.26 Å². The molecule has 0 unspecified atom stereocenters. The quantitative estimate of drug-likeness (QED) is 0.0108. The maximum atomic E-state index is 14.7. The molecule has 2 aromatic heterocycles. The van der Waals surface area contributed by atoms with E-state index in [1.165, 1.54) is 45.9 Å². The number of imidazole rings is 1. The van der Waals surface area contributed by atoms with Crippen LogP contribution in [0.2, 0.25) is 0 Å². The topological polar surface area (TPSA) is 808 Å². The molecule has 3 aromatic rings. The molecular formula is C87H136N28O23S2Tc. The Kier molecular flexibility index (Phi) is 51.2. The van der Waals surface area contributed by atoms with Crippen LogP contribution in [-0.4, -0.2) is 326 Å². The maximum absolute atomic E-state index is 14.7. The van der Waals surface area contributed by atoms with Gasteiger partial charge in [-0.2, -0.15) is 24.4 Å². The van der Waals surface area contributed by atoms with Crippen molar-refractivity contribution in [2.24, 2.45) is 46.4 Å². The number of hydrogen-bond donors (Lipinski definition) is 25. The van der Waals surface area contributed by atoms with Gasteiger partial charge in [0.05, 0.1) is 44.7 Å². The van der Waals surface area contributed by atoms with Gasteiger partial charge in [0.25, 0.3) is 0 Å². The number of nitrogens with two attached hydrogens (primary N) is 5. The molecule has 0 spiro atoms. The number of hydrogen-bond acceptors (Lipinski definition) is 26. The van der Waals surface area contributed by atoms with Gasteiger partial charge in [-0.3, -0.25) is 111 Å². The predicted molar refractivity (Wildman–Crippen MR) is 511 cm³/mol. The summed E-state index contributed by atoms with van der Waals surface area (Å²) in [6.45, 7) is 9.12. The third-order valence-corrected chi connectivity index (χ3v) is 23.9. The number of carbonyl (C=O) groups is 22. The first-order valence-electron chi connectivity index (χ1n) is 46.0. The number of nitrogens with one attached hydrogen (secondary N) is 19. The van der Waals surface area contributed by atoms with Gasteiger partial charge in [0.15, 0.2) is 5.96 Å². The first-order chi connectivity index (χ1) is 65.8. The number of rotatable bonds is 58. The number of nitrogens with zero attached hydrogens (tertiary/aromatic N) is 4. The van der Waals surface area contributed by atoms with Gasteiger partial charge in [-0.25, -0.2) is 4.98 Å². The van der Waals surface area contributed by atoms with E-state index in [4.69, 9.17) is 34.1 Å². The van der Waals surface area contributed by atoms with Crippen LogP contribution in [0.1, 0.15) is 162 Å². The summed E-state index contributed by atoms with van der Waals surface area (Å²) >= 11 is 5.28. The fraction of sp³-hybridized carbons (Fsp3) is 0.609. The summed E-state index contributed by atoms with van der Waals surface area (Å²) < 4.78 is 0. The largest absolute Gasteiger partial charge is 0.412 e. The molecule has 14 atom stereocenters. The molecule has 6 rings (SSSR count). The van der Waals surface area contributed by atoms with Crippen molar-refractivity contribution in [1.82, 2.24) is 115 Å². The second-order valence-corrected chi connectivity index (χ2v) is 36.7. The molecule has 3 aliphatic heterocycles. The monoisotopic (exact) mass is 2100 g/mol. The number of likely N-dealkylation sites (tertiary alicyclic amines) is 3. The molecule has 1 aromatic carbocycles. The average Bonchev–Trinajstić information content (AvgIpc) is 1.63. The number of fused-ring (bicyclic) bond motifs is 1. The van der Waals surface area contributed by atoms with Gasteiger partial charge < -0.3 is 144 Å². The van der Waals surface area contributed by atoms with E-state index in [-0.39, 0.29) is 134 Å². The number of thioether (sulfide) groups is 1. The molecular weight excluding hydrogens is 1970 g/mol. The Morgan fingerprint density at radius 2 is 0.943 bits per heavy atom. The fourth-order valence-electron chi connectivity index (χ4n) is 15.8. The SMILES string of the molecule is CSCC[C@H](NC(=O)[C@H](CC(C)C)NC(=O)[C@H](Cc1cnc[nH]1)NC(=O)CNC(=O)[C@@H](NC(=O)[C@H](C)NC(=O)[C@H](Cc1c[nH]c2ccccc12)NC(=O)[C@H](CCC(N)=O)NC(=O)[C@H](CC(N)=O)NC(=O)CNC(=O)[C@H](CC(C)C)NC(=O)[C@H](CCCNC(=N)N)NC(=O)[C@H](CCC(N)=O)NC(=O)[C@@H]1CCCN1C(=O)[C@@H]1CCCN1C(=O)[C@@H]1CCCN1C(=O)CNC(=O)CNC(=O)CS)C(C)C)C(N)=O.O.[99Tc]. The van der Waals surface area contributed by atoms with Crippen molar-refractivity contribution < 1.29 is 131 Å². The zero-order valence-corrected chi connectivity index (χ0v) is 83.6. The molecule has 1 radical (unpaired) electrons. The zero-order chi connectivity index (χ0) is 103. The molecule has 54 heteroatoms. The van der Waals surface area contributed by atoms with Crippen LogP contribution < -0.4 is 114 Å². The molecule has 31 N–H and O–H groups in total. The number of thiol groups is 1. The first kappa shape index (κ1) is 120. The van der Waals surface area contributed by atoms with E-state index in [1.54, 1.807) is 72.0 Å². The van der Waals surface area contributed by atoms with Crippen LogP contribution in [0.5, 0.6) is 0 Å². The van der Waals surface area contributed by atoms with Crippen molar-refractivity contribution in [3.63, 3.8) is 0 Å². The van der Waals surface area contributed by atoms with Gasteiger partial charge in [-0.15, -0.1) is 0 Å². The van der Waals surface area contributed by atoms with Crippen LogP contribution in [0.25, 0.3) is 10.9 Å². The first-order valence-corrected chi connectivity index (χ1v) is 48.0. The van der Waals surface area contributed by atoms with Crippen molar-refractivity contribution in [2.45, 2.75) is 249 Å². The van der Waals surface area contributed by atoms with Crippen molar-refractivity contribution in [1.29, 1.82) is 5.41 Å². The molecule has 0 bridgehead atoms. The summed E-state index contributed by atoms with van der Waals surface area (Å²) in [6.07, 6.45) is 4.29. The van der Waals surface area contributed by atoms with Gasteiger partial charge in [-0.05, 0) is 132 Å². The van der Waals surface area contributed by atoms with Crippen molar-refractivity contribution in [3.05, 3.63) is 54.2 Å². The van der Waals surface area contributed by atoms with E-state index < -0.39 is 285 Å². The standard InChI is InChI=1S/C87H134N28O22S2.H2O.Tc/c1-44(2)31-56(109-76(127)53(17-11-26-95-87(92)93)106-77(128)55(22-24-65(89)117)108-83(134)61-18-12-28-114(61)86(137)63-20-14-29-115(63)85(136)62-19-13-27-113(62)71(123)41-98-67(119)38-97-70(122)42-138)75(126)99-39-68(120)104-60(35-66(90)118)82(133)107-54(21-23-64(88)116)78(129)111-58(33-48-36-96-51-16-10-9-15-50(48)51)79(130)102-47(7)74(125)112-72(46(5)6)84(135)100-40-69(121)103-59(34-49-37-94-43-101-49)81(132)110-57(32-45(3)4)80(131)105-52(73(91)124)25-30-139-8;;/h9-10,15-16,36-37,43-47,52-63,72,96,138H,11-14,17-35,38-42H2,1-8H3,(H2,88,116)(H2,89,117)(H2,90,118)(H2,91,124)(H,94,101)(H,97,122)(H,98,119)(H,99,126)(H,100,135)(H,102,130)(H,103,121)(H,104,120)(H,105,131)(H,106,128)(H,107,133)(H,108,134)(H,109,127)(H,110,132)(H,111,129)(H,112,125)(H4,92,93,95);1H2;/t47-,52-,53-,54-,55-,56-,57-,58-,59-,60-,61-,62-,63-,72-;;/m0../s1/i;;1+1. The summed E-state index contributed by atoms with van der Waals surface area (Å²) in [5.41, 5.74) is 29.2. The molecule has 5 heterocycles. The van der Waals surface area contributed by atoms with Crippen LogP contribution in [0.15, 0.2) is 43.0 Å². The minimum atomic E-state index is -1.94. The number of benzene rings is 1. The van der Waals surface area contributed by atoms with Gasteiger partial charge >= 0.3 is 0 Å². The number of primary amides is 4. The van der Waals surface area contributed by atoms with E-state index in [0.29, 0.717) is 47.2 Å². The van der Waals surface area contributed by atoms with Crippen LogP contribution in [0.4, 0.5) is 0 Å². The number of amides is 22. The summed E-state index contributed by atoms with van der Waals surface area (Å²) in [5, 5.41) is 48.4. The van der Waals surface area contributed by atoms with Gasteiger partial charge in [0.1, 0.15) is 84.6 Å². The van der Waals surface area contributed by atoms with E-state index >= 15 is 0 Å². The molecule has 781 valence electrons. The number of guanidine groups is 1. The second-order valence-electron chi connectivity index (χ2n) is 35.4. The smallest absolute Gasteiger partial charge is 0.246 e. The van der Waals surface area contributed by atoms with Crippen LogP contribution >= 0.6 is 24.4 Å². The summed E-state index contributed by atoms with van der Waals surface area (Å²) in [6, 6.07) is -12.9. The molecule has 141 heavy (non-hydrogen) atoms. The van der Waals surface area contributed by atoms with Crippen LogP contribution in [0.3, 0.4) is 0 Å². The summed E-state index contributed by atoms with van der Waals surface area (Å²) in [7, 11) is 0. The number of H-pyrrole nitrogens is 2.